The number of nitrogens with zero attached hydrogens (tertiary/aromatic N) is 1. The summed E-state index contributed by atoms with van der Waals surface area (Å²) in [5.74, 6) is -1.30. The molecule has 0 aliphatic carbocycles. The fourth-order valence-electron chi connectivity index (χ4n) is 4.23. The Kier molecular flexibility index (Phi) is 21.3. The lowest BCUT2D eigenvalue weighted by molar-refractivity contribution is -0.142. The second-order valence-electron chi connectivity index (χ2n) is 9.13. The van der Waals surface area contributed by atoms with Crippen LogP contribution >= 0.6 is 0 Å². The van der Waals surface area contributed by atoms with Gasteiger partial charge in [-0.25, -0.2) is 0 Å². The predicted molar refractivity (Wildman–Crippen MR) is 130 cm³/mol. The molecule has 1 fully saturated rings. The van der Waals surface area contributed by atoms with Crippen LogP contribution in [0.1, 0.15) is 136 Å². The Morgan fingerprint density at radius 2 is 1.16 bits per heavy atom. The Hall–Kier alpha value is -1.10. The van der Waals surface area contributed by atoms with E-state index in [-0.39, 0.29) is 6.04 Å². The molecule has 1 rings (SSSR count). The minimum atomic E-state index is -0.655. The van der Waals surface area contributed by atoms with Gasteiger partial charge in [0.05, 0.1) is 0 Å². The van der Waals surface area contributed by atoms with Crippen LogP contribution < -0.4 is 0 Å². The third-order valence-electron chi connectivity index (χ3n) is 6.19. The van der Waals surface area contributed by atoms with Gasteiger partial charge in [0.25, 0.3) is 0 Å². The first-order valence-electron chi connectivity index (χ1n) is 13.2. The highest BCUT2D eigenvalue weighted by Gasteiger charge is 2.29. The molecule has 0 spiro atoms. The monoisotopic (exact) mass is 441 g/mol. The molecule has 5 heteroatoms. The number of likely N-dealkylation sites (tertiary alicyclic amines) is 1. The van der Waals surface area contributed by atoms with Crippen LogP contribution in [-0.4, -0.2) is 46.2 Å². The van der Waals surface area contributed by atoms with E-state index in [1.165, 1.54) is 83.5 Å². The summed E-state index contributed by atoms with van der Waals surface area (Å²) in [7, 11) is 0. The van der Waals surface area contributed by atoms with Crippen LogP contribution in [0.15, 0.2) is 0 Å². The zero-order chi connectivity index (χ0) is 23.2. The van der Waals surface area contributed by atoms with E-state index in [0.29, 0.717) is 6.42 Å². The van der Waals surface area contributed by atoms with E-state index >= 15 is 0 Å². The quantitative estimate of drug-likeness (QED) is 0.206. The van der Waals surface area contributed by atoms with Gasteiger partial charge < -0.3 is 10.2 Å². The third-order valence-corrected chi connectivity index (χ3v) is 6.19. The molecule has 2 N–H and O–H groups in total. The molecule has 184 valence electrons. The van der Waals surface area contributed by atoms with Gasteiger partial charge >= 0.3 is 11.9 Å². The summed E-state index contributed by atoms with van der Waals surface area (Å²) in [5, 5.41) is 17.4. The average Bonchev–Trinajstić information content (AvgIpc) is 3.21. The van der Waals surface area contributed by atoms with E-state index in [2.05, 4.69) is 18.7 Å². The highest BCUT2D eigenvalue weighted by Crippen LogP contribution is 2.18. The molecule has 0 amide bonds. The number of carboxylic acids is 2. The van der Waals surface area contributed by atoms with Gasteiger partial charge in [0.2, 0.25) is 0 Å². The normalized spacial score (nSPS) is 16.1. The van der Waals surface area contributed by atoms with Crippen molar-refractivity contribution < 1.29 is 19.8 Å². The minimum Gasteiger partial charge on any atom is -0.481 e. The van der Waals surface area contributed by atoms with Crippen molar-refractivity contribution in [3.8, 4) is 0 Å². The fourth-order valence-corrected chi connectivity index (χ4v) is 4.23. The summed E-state index contributed by atoms with van der Waals surface area (Å²) in [6.45, 7) is 6.36. The zero-order valence-corrected chi connectivity index (χ0v) is 20.6. The zero-order valence-electron chi connectivity index (χ0n) is 20.6. The van der Waals surface area contributed by atoms with E-state index < -0.39 is 11.9 Å². The van der Waals surface area contributed by atoms with Crippen LogP contribution in [-0.2, 0) is 9.59 Å². The van der Waals surface area contributed by atoms with Crippen LogP contribution in [0.2, 0.25) is 0 Å². The maximum Gasteiger partial charge on any atom is 0.320 e. The highest BCUT2D eigenvalue weighted by atomic mass is 16.4. The summed E-state index contributed by atoms with van der Waals surface area (Å²) in [6.07, 6.45) is 22.7. The number of unbranched alkanes of at least 4 members (excludes halogenated alkanes) is 14. The Morgan fingerprint density at radius 1 is 0.710 bits per heavy atom. The van der Waals surface area contributed by atoms with Crippen LogP contribution in [0.5, 0.6) is 0 Å². The number of carboxylic acid groups (broad SMARTS) is 2. The largest absolute Gasteiger partial charge is 0.481 e. The smallest absolute Gasteiger partial charge is 0.320 e. The van der Waals surface area contributed by atoms with Crippen LogP contribution in [0.25, 0.3) is 0 Å². The SMILES string of the molecule is CCCCCCCCCCCCCCCC(=O)O.CCCCCN1CCCC1C(=O)O. The number of hydrogen-bond donors (Lipinski definition) is 2. The van der Waals surface area contributed by atoms with E-state index in [1.54, 1.807) is 0 Å². The first kappa shape index (κ1) is 29.9. The molecule has 1 aliphatic rings. The molecule has 31 heavy (non-hydrogen) atoms. The van der Waals surface area contributed by atoms with Crippen molar-refractivity contribution in [2.45, 2.75) is 142 Å². The van der Waals surface area contributed by atoms with Crippen LogP contribution in [0.4, 0.5) is 0 Å². The molecule has 0 aromatic heterocycles. The van der Waals surface area contributed by atoms with Crippen molar-refractivity contribution in [3.63, 3.8) is 0 Å². The van der Waals surface area contributed by atoms with Crippen LogP contribution in [0, 0.1) is 0 Å². The van der Waals surface area contributed by atoms with E-state index in [0.717, 1.165) is 45.2 Å². The van der Waals surface area contributed by atoms with Crippen molar-refractivity contribution in [1.82, 2.24) is 4.90 Å². The molecule has 5 nitrogen and oxygen atoms in total. The van der Waals surface area contributed by atoms with E-state index in [1.807, 2.05) is 0 Å². The summed E-state index contributed by atoms with van der Waals surface area (Å²) >= 11 is 0. The van der Waals surface area contributed by atoms with Gasteiger partial charge in [-0.3, -0.25) is 14.5 Å². The summed E-state index contributed by atoms with van der Waals surface area (Å²) in [6, 6.07) is -0.197. The predicted octanol–water partition coefficient (Wildman–Crippen LogP) is 7.28. The average molecular weight is 442 g/mol. The summed E-state index contributed by atoms with van der Waals surface area (Å²) in [4.78, 5) is 23.2. The maximum atomic E-state index is 10.8. The van der Waals surface area contributed by atoms with Gasteiger partial charge in [-0.1, -0.05) is 104 Å². The van der Waals surface area contributed by atoms with Gasteiger partial charge in [0.1, 0.15) is 6.04 Å². The lowest BCUT2D eigenvalue weighted by Crippen LogP contribution is -2.36. The molecule has 1 atom stereocenters. The van der Waals surface area contributed by atoms with Crippen molar-refractivity contribution in [1.29, 1.82) is 0 Å². The molecule has 0 aromatic rings. The van der Waals surface area contributed by atoms with Gasteiger partial charge in [0, 0.05) is 6.42 Å². The molecule has 1 unspecified atom stereocenters. The molecular weight excluding hydrogens is 390 g/mol. The second-order valence-corrected chi connectivity index (χ2v) is 9.13. The highest BCUT2D eigenvalue weighted by molar-refractivity contribution is 5.73. The van der Waals surface area contributed by atoms with Crippen LogP contribution in [0.3, 0.4) is 0 Å². The lowest BCUT2D eigenvalue weighted by atomic mass is 10.0. The molecule has 1 heterocycles. The molecule has 0 saturated carbocycles. The van der Waals surface area contributed by atoms with Crippen molar-refractivity contribution >= 4 is 11.9 Å². The Balaban J connectivity index is 0.000000609. The van der Waals surface area contributed by atoms with Gasteiger partial charge in [0.15, 0.2) is 0 Å². The summed E-state index contributed by atoms with van der Waals surface area (Å²) < 4.78 is 0. The Morgan fingerprint density at radius 3 is 1.61 bits per heavy atom. The topological polar surface area (TPSA) is 77.8 Å². The summed E-state index contributed by atoms with van der Waals surface area (Å²) in [5.41, 5.74) is 0. The van der Waals surface area contributed by atoms with Crippen molar-refractivity contribution in [2.24, 2.45) is 0 Å². The molecule has 0 bridgehead atoms. The molecule has 1 aliphatic heterocycles. The van der Waals surface area contributed by atoms with Crippen molar-refractivity contribution in [2.75, 3.05) is 13.1 Å². The third kappa shape index (κ3) is 19.3. The molecular formula is C26H51NO4. The van der Waals surface area contributed by atoms with Gasteiger partial charge in [-0.05, 0) is 38.8 Å². The first-order valence-corrected chi connectivity index (χ1v) is 13.2. The first-order chi connectivity index (χ1) is 15.0. The Bertz CT molecular complexity index is 428. The van der Waals surface area contributed by atoms with Gasteiger partial charge in [-0.15, -0.1) is 0 Å². The second kappa shape index (κ2) is 22.1. The van der Waals surface area contributed by atoms with Crippen molar-refractivity contribution in [3.05, 3.63) is 0 Å². The minimum absolute atomic E-state index is 0.197. The fraction of sp³-hybridized carbons (Fsp3) is 0.923. The molecule has 0 aromatic carbocycles. The maximum absolute atomic E-state index is 10.8. The lowest BCUT2D eigenvalue weighted by Gasteiger charge is -2.20. The standard InChI is InChI=1S/C16H32O2.C10H19NO2/c1-2-3-4-5-6-7-8-9-10-11-12-13-14-15-16(17)18;1-2-3-4-7-11-8-5-6-9(11)10(12)13/h2-15H2,1H3,(H,17,18);9H,2-8H2,1H3,(H,12,13). The number of hydrogen-bond acceptors (Lipinski definition) is 3. The number of aliphatic carboxylic acids is 2. The van der Waals surface area contributed by atoms with E-state index in [9.17, 15) is 9.59 Å². The Labute approximate surface area is 192 Å². The molecule has 0 radical (unpaired) electrons. The number of carbonyl (C=O) groups is 2. The van der Waals surface area contributed by atoms with E-state index in [4.69, 9.17) is 10.2 Å². The van der Waals surface area contributed by atoms with Gasteiger partial charge in [-0.2, -0.15) is 0 Å². The molecule has 1 saturated heterocycles. The number of rotatable bonds is 19.